The average molecular weight is 156 g/mol. The number of carbonyl (C=O) groups is 1. The number of likely N-dealkylation sites (tertiary alicyclic amines) is 1. The van der Waals surface area contributed by atoms with Crippen molar-refractivity contribution in [2.75, 3.05) is 13.2 Å². The monoisotopic (exact) mass is 156 g/mol. The molecule has 0 saturated carbocycles. The summed E-state index contributed by atoms with van der Waals surface area (Å²) in [5, 5.41) is 0. The van der Waals surface area contributed by atoms with Gasteiger partial charge in [0.15, 0.2) is 0 Å². The summed E-state index contributed by atoms with van der Waals surface area (Å²) < 4.78 is 5.36. The van der Waals surface area contributed by atoms with Crippen LogP contribution in [0.25, 0.3) is 0 Å². The van der Waals surface area contributed by atoms with Crippen LogP contribution in [0.4, 0.5) is 0 Å². The summed E-state index contributed by atoms with van der Waals surface area (Å²) in [4.78, 5) is 12.5. The zero-order chi connectivity index (χ0) is 8.27. The topological polar surface area (TPSA) is 29.5 Å². The van der Waals surface area contributed by atoms with E-state index in [0.29, 0.717) is 0 Å². The van der Waals surface area contributed by atoms with Crippen molar-refractivity contribution in [2.24, 2.45) is 0 Å². The molecule has 0 aromatic rings. The molecule has 1 aliphatic heterocycles. The Hall–Kier alpha value is -0.570. The predicted octanol–water partition coefficient (Wildman–Crippen LogP) is 0.805. The normalized spacial score (nSPS) is 24.2. The molecule has 0 aromatic heterocycles. The quantitative estimate of drug-likeness (QED) is 0.592. The van der Waals surface area contributed by atoms with E-state index in [4.69, 9.17) is 4.74 Å². The molecule has 1 heterocycles. The molecule has 1 aliphatic rings. The molecule has 1 atom stereocenters. The largest absolute Gasteiger partial charge is 0.377 e. The zero-order valence-electron chi connectivity index (χ0n) is 7.04. The van der Waals surface area contributed by atoms with Crippen molar-refractivity contribution >= 4 is 5.91 Å². The number of carbonyl (C=O) groups excluding carboxylic acids is 1. The Kier molecular flexibility index (Phi) is 2.88. The number of ether oxygens (including phenoxy) is 1. The van der Waals surface area contributed by atoms with Gasteiger partial charge in [0, 0.05) is 20.1 Å². The summed E-state index contributed by atoms with van der Waals surface area (Å²) in [6.45, 7) is 6.90. The van der Waals surface area contributed by atoms with Crippen molar-refractivity contribution < 1.29 is 9.53 Å². The second-order valence-electron chi connectivity index (χ2n) is 2.67. The summed E-state index contributed by atoms with van der Waals surface area (Å²) in [5.41, 5.74) is 0. The fourth-order valence-corrected chi connectivity index (χ4v) is 1.23. The lowest BCUT2D eigenvalue weighted by Crippen LogP contribution is -2.25. The molecule has 1 unspecified atom stereocenters. The van der Waals surface area contributed by atoms with Gasteiger partial charge >= 0.3 is 0 Å². The third kappa shape index (κ3) is 2.19. The average Bonchev–Trinajstić information content (AvgIpc) is 2.37. The molecule has 1 rings (SSSR count). The summed E-state index contributed by atoms with van der Waals surface area (Å²) >= 11 is 0. The smallest absolute Gasteiger partial charge is 0.219 e. The van der Waals surface area contributed by atoms with Crippen LogP contribution in [-0.2, 0) is 9.53 Å². The number of hydrogen-bond donors (Lipinski definition) is 0. The molecule has 0 aliphatic carbocycles. The van der Waals surface area contributed by atoms with E-state index in [1.54, 1.807) is 11.8 Å². The second-order valence-corrected chi connectivity index (χ2v) is 2.67. The van der Waals surface area contributed by atoms with E-state index >= 15 is 0 Å². The van der Waals surface area contributed by atoms with Gasteiger partial charge in [-0.05, 0) is 13.3 Å². The maximum absolute atomic E-state index is 10.8. The highest BCUT2D eigenvalue weighted by atomic mass is 16.5. The van der Waals surface area contributed by atoms with Crippen molar-refractivity contribution in [2.45, 2.75) is 26.4 Å². The van der Waals surface area contributed by atoms with Gasteiger partial charge in [0.25, 0.3) is 0 Å². The third-order valence-corrected chi connectivity index (χ3v) is 1.80. The lowest BCUT2D eigenvalue weighted by molar-refractivity contribution is -0.127. The molecule has 0 aromatic carbocycles. The van der Waals surface area contributed by atoms with Crippen LogP contribution in [0, 0.1) is 6.54 Å². The van der Waals surface area contributed by atoms with Gasteiger partial charge in [-0.15, -0.1) is 0 Å². The van der Waals surface area contributed by atoms with Gasteiger partial charge in [-0.25, -0.2) is 0 Å². The highest BCUT2D eigenvalue weighted by Crippen LogP contribution is 2.15. The molecule has 1 amide bonds. The molecule has 0 bridgehead atoms. The van der Waals surface area contributed by atoms with Gasteiger partial charge in [0.2, 0.25) is 5.91 Å². The van der Waals surface area contributed by atoms with Crippen LogP contribution in [-0.4, -0.2) is 30.1 Å². The summed E-state index contributed by atoms with van der Waals surface area (Å²) in [6, 6.07) is 0. The van der Waals surface area contributed by atoms with Crippen LogP contribution in [0.15, 0.2) is 0 Å². The van der Waals surface area contributed by atoms with Gasteiger partial charge in [-0.2, -0.15) is 0 Å². The number of nitrogens with zero attached hydrogens (tertiary/aromatic N) is 1. The SMILES string of the molecule is CCOC1C[CH]N(C(C)=O)C1. The molecule has 1 radical (unpaired) electrons. The van der Waals surface area contributed by atoms with Crippen LogP contribution in [0.2, 0.25) is 0 Å². The molecule has 1 fully saturated rings. The minimum Gasteiger partial charge on any atom is -0.377 e. The summed E-state index contributed by atoms with van der Waals surface area (Å²) in [7, 11) is 0. The molecule has 3 heteroatoms. The first kappa shape index (κ1) is 8.53. The van der Waals surface area contributed by atoms with Crippen LogP contribution in [0.3, 0.4) is 0 Å². The number of rotatable bonds is 2. The molecule has 0 spiro atoms. The van der Waals surface area contributed by atoms with Gasteiger partial charge in [-0.1, -0.05) is 0 Å². The maximum Gasteiger partial charge on any atom is 0.219 e. The molecule has 63 valence electrons. The van der Waals surface area contributed by atoms with Crippen molar-refractivity contribution in [3.63, 3.8) is 0 Å². The summed E-state index contributed by atoms with van der Waals surface area (Å²) in [5.74, 6) is 0.104. The van der Waals surface area contributed by atoms with E-state index in [1.165, 1.54) is 0 Å². The molecular formula is C8H14NO2. The van der Waals surface area contributed by atoms with E-state index in [2.05, 4.69) is 0 Å². The van der Waals surface area contributed by atoms with Gasteiger partial charge in [0.1, 0.15) is 0 Å². The van der Waals surface area contributed by atoms with E-state index in [-0.39, 0.29) is 12.0 Å². The fraction of sp³-hybridized carbons (Fsp3) is 0.750. The minimum absolute atomic E-state index is 0.104. The first-order valence-electron chi connectivity index (χ1n) is 3.96. The fourth-order valence-electron chi connectivity index (χ4n) is 1.23. The van der Waals surface area contributed by atoms with E-state index in [9.17, 15) is 4.79 Å². The Bertz CT molecular complexity index is 147. The molecule has 11 heavy (non-hydrogen) atoms. The highest BCUT2D eigenvalue weighted by Gasteiger charge is 2.24. The minimum atomic E-state index is 0.104. The number of amides is 1. The van der Waals surface area contributed by atoms with Crippen molar-refractivity contribution in [1.29, 1.82) is 0 Å². The molecule has 0 N–H and O–H groups in total. The standard InChI is InChI=1S/C8H14NO2/c1-3-11-8-4-5-9(6-8)7(2)10/h5,8H,3-4,6H2,1-2H3. The zero-order valence-corrected chi connectivity index (χ0v) is 7.04. The Morgan fingerprint density at radius 2 is 2.55 bits per heavy atom. The Morgan fingerprint density at radius 3 is 3.00 bits per heavy atom. The summed E-state index contributed by atoms with van der Waals surface area (Å²) in [6.07, 6.45) is 1.09. The van der Waals surface area contributed by atoms with Gasteiger partial charge in [0.05, 0.1) is 12.6 Å². The van der Waals surface area contributed by atoms with E-state index in [1.807, 2.05) is 13.5 Å². The Labute approximate surface area is 67.3 Å². The van der Waals surface area contributed by atoms with Gasteiger partial charge in [-0.3, -0.25) is 4.79 Å². The van der Waals surface area contributed by atoms with Crippen molar-refractivity contribution in [1.82, 2.24) is 4.90 Å². The number of hydrogen-bond acceptors (Lipinski definition) is 2. The first-order valence-corrected chi connectivity index (χ1v) is 3.96. The third-order valence-electron chi connectivity index (χ3n) is 1.80. The van der Waals surface area contributed by atoms with Gasteiger partial charge < -0.3 is 9.64 Å². The van der Waals surface area contributed by atoms with Crippen molar-refractivity contribution in [3.8, 4) is 0 Å². The Morgan fingerprint density at radius 1 is 1.82 bits per heavy atom. The highest BCUT2D eigenvalue weighted by molar-refractivity contribution is 5.74. The Balaban J connectivity index is 2.29. The first-order chi connectivity index (χ1) is 5.24. The molecule has 1 saturated heterocycles. The maximum atomic E-state index is 10.8. The van der Waals surface area contributed by atoms with E-state index < -0.39 is 0 Å². The lowest BCUT2D eigenvalue weighted by atomic mass is 10.3. The molecule has 3 nitrogen and oxygen atoms in total. The van der Waals surface area contributed by atoms with Crippen LogP contribution in [0.1, 0.15) is 20.3 Å². The second kappa shape index (κ2) is 3.72. The van der Waals surface area contributed by atoms with Crippen LogP contribution in [0.5, 0.6) is 0 Å². The van der Waals surface area contributed by atoms with Crippen molar-refractivity contribution in [3.05, 3.63) is 6.54 Å². The molecular weight excluding hydrogens is 142 g/mol. The lowest BCUT2D eigenvalue weighted by Gasteiger charge is -2.12. The van der Waals surface area contributed by atoms with Crippen LogP contribution < -0.4 is 0 Å². The predicted molar refractivity (Wildman–Crippen MR) is 41.7 cm³/mol. The van der Waals surface area contributed by atoms with Crippen LogP contribution >= 0.6 is 0 Å². The van der Waals surface area contributed by atoms with E-state index in [0.717, 1.165) is 19.6 Å².